The number of urea groups is 1. The van der Waals surface area contributed by atoms with Crippen LogP contribution in [0.2, 0.25) is 0 Å². The number of amides is 2. The number of benzene rings is 2. The van der Waals surface area contributed by atoms with Crippen LogP contribution >= 0.6 is 11.3 Å². The number of phenols is 1. The van der Waals surface area contributed by atoms with Gasteiger partial charge in [-0.1, -0.05) is 30.3 Å². The maximum absolute atomic E-state index is 12.0. The summed E-state index contributed by atoms with van der Waals surface area (Å²) in [7, 11) is 0. The Morgan fingerprint density at radius 3 is 2.57 bits per heavy atom. The number of carbonyl (C=O) groups excluding carboxylic acids is 1. The lowest BCUT2D eigenvalue weighted by atomic mass is 9.90. The van der Waals surface area contributed by atoms with Gasteiger partial charge in [0.1, 0.15) is 18.0 Å². The Morgan fingerprint density at radius 2 is 1.86 bits per heavy atom. The van der Waals surface area contributed by atoms with Crippen molar-refractivity contribution in [2.45, 2.75) is 57.1 Å². The molecular weight excluding hydrogens is 492 g/mol. The van der Waals surface area contributed by atoms with E-state index in [1.54, 1.807) is 17.4 Å². The highest BCUT2D eigenvalue weighted by molar-refractivity contribution is 7.09. The number of aliphatic hydroxyl groups excluding tert-OH is 3. The summed E-state index contributed by atoms with van der Waals surface area (Å²) in [6.45, 7) is 2.57. The number of nitrogens with one attached hydrogen (secondary N) is 2. The first-order valence-corrected chi connectivity index (χ1v) is 13.3. The van der Waals surface area contributed by atoms with Crippen LogP contribution in [0.3, 0.4) is 0 Å². The number of hydrogen-bond acceptors (Lipinski definition) is 7. The van der Waals surface area contributed by atoms with Crippen molar-refractivity contribution in [3.05, 3.63) is 86.6 Å². The van der Waals surface area contributed by atoms with Gasteiger partial charge in [0, 0.05) is 23.4 Å². The molecule has 1 fully saturated rings. The zero-order chi connectivity index (χ0) is 26.4. The van der Waals surface area contributed by atoms with E-state index in [9.17, 15) is 25.2 Å². The molecule has 9 heteroatoms. The van der Waals surface area contributed by atoms with Gasteiger partial charge >= 0.3 is 6.03 Å². The number of rotatable bonds is 9. The molecule has 4 rings (SSSR count). The number of thiophene rings is 1. The Kier molecular flexibility index (Phi) is 9.18. The molecule has 0 saturated carbocycles. The van der Waals surface area contributed by atoms with Crippen molar-refractivity contribution in [2.24, 2.45) is 0 Å². The van der Waals surface area contributed by atoms with E-state index in [2.05, 4.69) is 22.8 Å². The topological polar surface area (TPSA) is 131 Å². The number of aromatic hydroxyl groups is 1. The van der Waals surface area contributed by atoms with Gasteiger partial charge in [-0.05, 0) is 65.6 Å². The zero-order valence-corrected chi connectivity index (χ0v) is 21.6. The maximum atomic E-state index is 12.0. The highest BCUT2D eigenvalue weighted by Gasteiger charge is 2.37. The van der Waals surface area contributed by atoms with E-state index < -0.39 is 31.0 Å². The van der Waals surface area contributed by atoms with E-state index in [0.717, 1.165) is 27.1 Å². The van der Waals surface area contributed by atoms with E-state index in [4.69, 9.17) is 4.74 Å². The number of phenolic OH excluding ortho intramolecular Hbond substituents is 1. The third-order valence-electron chi connectivity index (χ3n) is 6.70. The van der Waals surface area contributed by atoms with Crippen molar-refractivity contribution in [2.75, 3.05) is 13.2 Å². The summed E-state index contributed by atoms with van der Waals surface area (Å²) in [6, 6.07) is 15.5. The molecule has 1 aliphatic rings. The standard InChI is InChI=1S/C28H34N2O6S/c1-17-11-23(32)22(25-14-24(33)27(34)26(16-31)36-25)13-20(17)12-19-6-4-18(5-7-19)8-9-29-28(35)30-15-21-3-2-10-37-21/h2-7,10-11,13,24-27,31-34H,8-9,12,14-16H2,1H3,(H2,29,30,35)/t24-,25-,26?,27+/m1/s1. The summed E-state index contributed by atoms with van der Waals surface area (Å²) >= 11 is 1.61. The third kappa shape index (κ3) is 7.09. The Labute approximate surface area is 220 Å². The molecular formula is C28H34N2O6S. The fraction of sp³-hybridized carbons (Fsp3) is 0.393. The molecule has 0 spiro atoms. The molecule has 1 unspecified atom stereocenters. The normalized spacial score (nSPS) is 21.5. The monoisotopic (exact) mass is 526 g/mol. The van der Waals surface area contributed by atoms with Crippen LogP contribution in [0.1, 0.15) is 45.2 Å². The van der Waals surface area contributed by atoms with Gasteiger partial charge in [0.25, 0.3) is 0 Å². The van der Waals surface area contributed by atoms with E-state index in [1.165, 1.54) is 0 Å². The number of hydrogen-bond donors (Lipinski definition) is 6. The second kappa shape index (κ2) is 12.5. The van der Waals surface area contributed by atoms with Gasteiger partial charge in [-0.25, -0.2) is 4.79 Å². The fourth-order valence-corrected chi connectivity index (χ4v) is 5.16. The van der Waals surface area contributed by atoms with Crippen molar-refractivity contribution >= 4 is 17.4 Å². The zero-order valence-electron chi connectivity index (χ0n) is 20.8. The van der Waals surface area contributed by atoms with Gasteiger partial charge in [-0.3, -0.25) is 0 Å². The van der Waals surface area contributed by atoms with E-state index >= 15 is 0 Å². The number of aliphatic hydroxyl groups is 3. The lowest BCUT2D eigenvalue weighted by molar-refractivity contribution is -0.181. The molecule has 1 aliphatic heterocycles. The summed E-state index contributed by atoms with van der Waals surface area (Å²) in [6.07, 6.45) is -2.27. The first kappa shape index (κ1) is 27.1. The van der Waals surface area contributed by atoms with Crippen LogP contribution in [-0.4, -0.2) is 57.9 Å². The first-order chi connectivity index (χ1) is 17.8. The molecule has 2 amide bonds. The minimum absolute atomic E-state index is 0.0637. The van der Waals surface area contributed by atoms with E-state index in [0.29, 0.717) is 31.5 Å². The average molecular weight is 527 g/mol. The van der Waals surface area contributed by atoms with Crippen LogP contribution in [-0.2, 0) is 24.1 Å². The average Bonchev–Trinajstić information content (AvgIpc) is 3.41. The predicted molar refractivity (Wildman–Crippen MR) is 142 cm³/mol. The quantitative estimate of drug-likeness (QED) is 0.254. The third-order valence-corrected chi connectivity index (χ3v) is 7.58. The summed E-state index contributed by atoms with van der Waals surface area (Å²) in [5, 5.41) is 48.0. The molecule has 4 atom stereocenters. The molecule has 3 aromatic rings. The van der Waals surface area contributed by atoms with E-state index in [-0.39, 0.29) is 18.2 Å². The van der Waals surface area contributed by atoms with Crippen LogP contribution in [0.25, 0.3) is 0 Å². The summed E-state index contributed by atoms with van der Waals surface area (Å²) in [4.78, 5) is 13.1. The maximum Gasteiger partial charge on any atom is 0.315 e. The first-order valence-electron chi connectivity index (χ1n) is 12.4. The number of carbonyl (C=O) groups is 1. The minimum Gasteiger partial charge on any atom is -0.508 e. The highest BCUT2D eigenvalue weighted by atomic mass is 32.1. The summed E-state index contributed by atoms with van der Waals surface area (Å²) in [5.74, 6) is 0.0637. The fourth-order valence-electron chi connectivity index (χ4n) is 4.52. The largest absolute Gasteiger partial charge is 0.508 e. The second-order valence-electron chi connectivity index (χ2n) is 9.41. The molecule has 2 heterocycles. The van der Waals surface area contributed by atoms with Gasteiger partial charge in [-0.15, -0.1) is 11.3 Å². The molecule has 37 heavy (non-hydrogen) atoms. The van der Waals surface area contributed by atoms with Crippen LogP contribution < -0.4 is 10.6 Å². The SMILES string of the molecule is Cc1cc(O)c([C@H]2C[C@@H](O)[C@H](O)C(CO)O2)cc1Cc1ccc(CCNC(=O)NCc2cccs2)cc1. The Morgan fingerprint density at radius 1 is 1.11 bits per heavy atom. The van der Waals surface area contributed by atoms with Crippen molar-refractivity contribution in [3.8, 4) is 5.75 Å². The van der Waals surface area contributed by atoms with Crippen LogP contribution in [0.5, 0.6) is 5.75 Å². The molecule has 198 valence electrons. The summed E-state index contributed by atoms with van der Waals surface area (Å²) in [5.41, 5.74) is 4.68. The predicted octanol–water partition coefficient (Wildman–Crippen LogP) is 2.94. The molecule has 0 aliphatic carbocycles. The molecule has 6 N–H and O–H groups in total. The number of aryl methyl sites for hydroxylation is 1. The van der Waals surface area contributed by atoms with Crippen molar-refractivity contribution in [1.82, 2.24) is 10.6 Å². The smallest absolute Gasteiger partial charge is 0.315 e. The molecule has 0 radical (unpaired) electrons. The molecule has 0 bridgehead atoms. The van der Waals surface area contributed by atoms with Crippen LogP contribution in [0.15, 0.2) is 53.9 Å². The lowest BCUT2D eigenvalue weighted by Crippen LogP contribution is -2.47. The second-order valence-corrected chi connectivity index (χ2v) is 10.4. The Bertz CT molecular complexity index is 1170. The molecule has 1 saturated heterocycles. The van der Waals surface area contributed by atoms with Crippen molar-refractivity contribution in [3.63, 3.8) is 0 Å². The van der Waals surface area contributed by atoms with Gasteiger partial charge in [0.05, 0.1) is 25.4 Å². The van der Waals surface area contributed by atoms with Crippen molar-refractivity contribution in [1.29, 1.82) is 0 Å². The van der Waals surface area contributed by atoms with Gasteiger partial charge in [0.15, 0.2) is 0 Å². The van der Waals surface area contributed by atoms with Crippen LogP contribution in [0, 0.1) is 6.92 Å². The highest BCUT2D eigenvalue weighted by Crippen LogP contribution is 2.38. The molecule has 8 nitrogen and oxygen atoms in total. The van der Waals surface area contributed by atoms with Gasteiger partial charge in [0.2, 0.25) is 0 Å². The number of ether oxygens (including phenoxy) is 1. The van der Waals surface area contributed by atoms with Gasteiger partial charge in [-0.2, -0.15) is 0 Å². The Hall–Kier alpha value is -2.95. The van der Waals surface area contributed by atoms with Gasteiger partial charge < -0.3 is 35.8 Å². The lowest BCUT2D eigenvalue weighted by Gasteiger charge is -2.37. The molecule has 2 aromatic carbocycles. The summed E-state index contributed by atoms with van der Waals surface area (Å²) < 4.78 is 5.78. The minimum atomic E-state index is -1.16. The van der Waals surface area contributed by atoms with E-state index in [1.807, 2.05) is 42.6 Å². The molecule has 1 aromatic heterocycles. The van der Waals surface area contributed by atoms with Crippen molar-refractivity contribution < 1.29 is 30.0 Å². The van der Waals surface area contributed by atoms with Crippen LogP contribution in [0.4, 0.5) is 4.79 Å². The Balaban J connectivity index is 1.33.